The first-order valence-electron chi connectivity index (χ1n) is 15.1. The third-order valence-electron chi connectivity index (χ3n) is 8.70. The van der Waals surface area contributed by atoms with Crippen LogP contribution in [-0.2, 0) is 12.0 Å². The van der Waals surface area contributed by atoms with Crippen molar-refractivity contribution in [3.05, 3.63) is 119 Å². The van der Waals surface area contributed by atoms with Crippen LogP contribution in [0.15, 0.2) is 95.5 Å². The molecule has 0 aliphatic carbocycles. The highest BCUT2D eigenvalue weighted by Gasteiger charge is 2.26. The lowest BCUT2D eigenvalue weighted by Gasteiger charge is -2.25. The van der Waals surface area contributed by atoms with E-state index in [4.69, 9.17) is 16.0 Å². The van der Waals surface area contributed by atoms with Gasteiger partial charge in [-0.3, -0.25) is 9.59 Å². The van der Waals surface area contributed by atoms with Gasteiger partial charge in [0.1, 0.15) is 17.2 Å². The Morgan fingerprint density at radius 1 is 0.933 bits per heavy atom. The van der Waals surface area contributed by atoms with Crippen LogP contribution in [0.4, 0.5) is 4.39 Å². The number of hydrogen-bond donors (Lipinski definition) is 1. The molecule has 7 heteroatoms. The number of carbonyl (C=O) groups is 2. The Morgan fingerprint density at radius 3 is 2.36 bits per heavy atom. The van der Waals surface area contributed by atoms with Crippen molar-refractivity contribution in [3.63, 3.8) is 0 Å². The molecule has 228 valence electrons. The van der Waals surface area contributed by atoms with Crippen LogP contribution in [0.5, 0.6) is 0 Å². The Kier molecular flexibility index (Phi) is 8.10. The average Bonchev–Trinajstić information content (AvgIpc) is 3.65. The van der Waals surface area contributed by atoms with Crippen molar-refractivity contribution in [3.8, 4) is 22.5 Å². The molecule has 0 aliphatic heterocycles. The number of amides is 1. The van der Waals surface area contributed by atoms with Gasteiger partial charge < -0.3 is 14.3 Å². The molecule has 2 aromatic heterocycles. The highest BCUT2D eigenvalue weighted by molar-refractivity contribution is 6.30. The summed E-state index contributed by atoms with van der Waals surface area (Å²) in [6.45, 7) is 7.06. The number of rotatable bonds is 9. The zero-order valence-corrected chi connectivity index (χ0v) is 26.5. The Bertz CT molecular complexity index is 2050. The number of aromatic nitrogens is 1. The van der Waals surface area contributed by atoms with E-state index in [9.17, 15) is 14.0 Å². The third-order valence-corrected chi connectivity index (χ3v) is 8.95. The molecule has 0 spiro atoms. The Morgan fingerprint density at radius 2 is 1.67 bits per heavy atom. The van der Waals surface area contributed by atoms with Crippen LogP contribution in [-0.4, -0.2) is 23.3 Å². The van der Waals surface area contributed by atoms with E-state index >= 15 is 0 Å². The standard InChI is InChI=1S/C38H34ClFN2O3/c1-5-42-20-18-29-34(42)30(22-31-33(37(44)41-4)35(45-36(29)31)23-9-15-28(40)16-10-23)24-7-6-8-25(21-24)32(43)17-19-38(2,3)26-11-13-27(39)14-12-26/h6-16,18,20-22H,5,17,19H2,1-4H3,(H,41,44). The van der Waals surface area contributed by atoms with Crippen molar-refractivity contribution in [1.29, 1.82) is 0 Å². The topological polar surface area (TPSA) is 64.2 Å². The molecule has 0 unspecified atom stereocenters. The summed E-state index contributed by atoms with van der Waals surface area (Å²) in [6.07, 6.45) is 3.08. The van der Waals surface area contributed by atoms with E-state index in [2.05, 4.69) is 30.7 Å². The van der Waals surface area contributed by atoms with Gasteiger partial charge in [-0.25, -0.2) is 4.39 Å². The molecule has 6 rings (SSSR count). The van der Waals surface area contributed by atoms with Gasteiger partial charge in [0.15, 0.2) is 5.78 Å². The molecule has 0 bridgehead atoms. The van der Waals surface area contributed by atoms with Gasteiger partial charge in [0.05, 0.1) is 11.1 Å². The lowest BCUT2D eigenvalue weighted by atomic mass is 9.79. The summed E-state index contributed by atoms with van der Waals surface area (Å²) in [6, 6.07) is 25.4. The van der Waals surface area contributed by atoms with Crippen LogP contribution >= 0.6 is 11.6 Å². The molecule has 0 radical (unpaired) electrons. The van der Waals surface area contributed by atoms with Crippen molar-refractivity contribution in [2.45, 2.75) is 45.6 Å². The molecule has 1 N–H and O–H groups in total. The first-order chi connectivity index (χ1) is 21.6. The maximum absolute atomic E-state index is 13.8. The number of benzene rings is 4. The lowest BCUT2D eigenvalue weighted by Crippen LogP contribution is -2.18. The molecule has 1 amide bonds. The van der Waals surface area contributed by atoms with E-state index in [-0.39, 0.29) is 22.9 Å². The van der Waals surface area contributed by atoms with Crippen molar-refractivity contribution < 1.29 is 18.4 Å². The molecule has 0 saturated carbocycles. The summed E-state index contributed by atoms with van der Waals surface area (Å²) >= 11 is 6.09. The zero-order chi connectivity index (χ0) is 31.9. The largest absolute Gasteiger partial charge is 0.454 e. The van der Waals surface area contributed by atoms with Crippen LogP contribution < -0.4 is 5.32 Å². The molecular weight excluding hydrogens is 587 g/mol. The first kappa shape index (κ1) is 30.4. The van der Waals surface area contributed by atoms with Crippen LogP contribution in [0.25, 0.3) is 44.3 Å². The van der Waals surface area contributed by atoms with Gasteiger partial charge in [-0.05, 0) is 84.5 Å². The fourth-order valence-electron chi connectivity index (χ4n) is 6.06. The van der Waals surface area contributed by atoms with Gasteiger partial charge in [0, 0.05) is 58.7 Å². The number of hydrogen-bond acceptors (Lipinski definition) is 3. The summed E-state index contributed by atoms with van der Waals surface area (Å²) in [5, 5.41) is 4.92. The number of furan rings is 1. The minimum absolute atomic E-state index is 0.0649. The molecule has 0 atom stereocenters. The predicted molar refractivity (Wildman–Crippen MR) is 180 cm³/mol. The second-order valence-corrected chi connectivity index (χ2v) is 12.4. The summed E-state index contributed by atoms with van der Waals surface area (Å²) in [5.74, 6) is -0.237. The van der Waals surface area contributed by atoms with Gasteiger partial charge in [0.25, 0.3) is 5.91 Å². The number of aryl methyl sites for hydroxylation is 1. The quantitative estimate of drug-likeness (QED) is 0.164. The second-order valence-electron chi connectivity index (χ2n) is 12.0. The number of fused-ring (bicyclic) bond motifs is 3. The van der Waals surface area contributed by atoms with Crippen LogP contribution in [0.1, 0.15) is 59.9 Å². The molecule has 2 heterocycles. The van der Waals surface area contributed by atoms with Gasteiger partial charge >= 0.3 is 0 Å². The van der Waals surface area contributed by atoms with E-state index in [1.807, 2.05) is 66.9 Å². The fraction of sp³-hybridized carbons (Fsp3) is 0.211. The van der Waals surface area contributed by atoms with Crippen molar-refractivity contribution in [2.75, 3.05) is 7.05 Å². The molecule has 5 nitrogen and oxygen atoms in total. The Labute approximate surface area is 266 Å². The van der Waals surface area contributed by atoms with Crippen LogP contribution in [0, 0.1) is 5.82 Å². The molecule has 6 aromatic rings. The van der Waals surface area contributed by atoms with Crippen LogP contribution in [0.3, 0.4) is 0 Å². The number of halogens is 2. The maximum Gasteiger partial charge on any atom is 0.255 e. The van der Waals surface area contributed by atoms with Gasteiger partial charge in [-0.1, -0.05) is 55.8 Å². The minimum atomic E-state index is -0.371. The van der Waals surface area contributed by atoms with Crippen molar-refractivity contribution >= 4 is 45.2 Å². The number of nitrogens with one attached hydrogen (secondary N) is 1. The van der Waals surface area contributed by atoms with Crippen LogP contribution in [0.2, 0.25) is 5.02 Å². The van der Waals surface area contributed by atoms with Crippen molar-refractivity contribution in [1.82, 2.24) is 9.88 Å². The monoisotopic (exact) mass is 620 g/mol. The van der Waals surface area contributed by atoms with Crippen molar-refractivity contribution in [2.24, 2.45) is 0 Å². The van der Waals surface area contributed by atoms with E-state index in [0.717, 1.165) is 27.6 Å². The number of Topliss-reactive ketones (excluding diaryl/α,β-unsaturated/α-hetero) is 1. The molecule has 4 aromatic carbocycles. The van der Waals surface area contributed by atoms with Gasteiger partial charge in [-0.15, -0.1) is 0 Å². The summed E-state index contributed by atoms with van der Waals surface area (Å²) in [5.41, 5.74) is 5.83. The number of ketones is 1. The molecule has 0 fully saturated rings. The average molecular weight is 621 g/mol. The summed E-state index contributed by atoms with van der Waals surface area (Å²) < 4.78 is 22.3. The third kappa shape index (κ3) is 5.67. The van der Waals surface area contributed by atoms with E-state index in [1.54, 1.807) is 19.2 Å². The first-order valence-corrected chi connectivity index (χ1v) is 15.4. The molecule has 0 saturated heterocycles. The summed E-state index contributed by atoms with van der Waals surface area (Å²) in [4.78, 5) is 26.9. The summed E-state index contributed by atoms with van der Waals surface area (Å²) in [7, 11) is 1.58. The van der Waals surface area contributed by atoms with E-state index < -0.39 is 0 Å². The smallest absolute Gasteiger partial charge is 0.255 e. The Balaban J connectivity index is 1.44. The second kappa shape index (κ2) is 12.0. The normalized spacial score (nSPS) is 11.8. The van der Waals surface area contributed by atoms with Gasteiger partial charge in [0.2, 0.25) is 0 Å². The molecular formula is C38H34ClFN2O3. The van der Waals surface area contributed by atoms with E-state index in [1.165, 1.54) is 12.1 Å². The van der Waals surface area contributed by atoms with Gasteiger partial charge in [-0.2, -0.15) is 0 Å². The van der Waals surface area contributed by atoms with E-state index in [0.29, 0.717) is 57.8 Å². The minimum Gasteiger partial charge on any atom is -0.454 e. The maximum atomic E-state index is 13.8. The number of nitrogens with zero attached hydrogens (tertiary/aromatic N) is 1. The molecule has 0 aliphatic rings. The highest BCUT2D eigenvalue weighted by atomic mass is 35.5. The predicted octanol–water partition coefficient (Wildman–Crippen LogP) is 9.83. The SMILES string of the molecule is CCn1ccc2c3oc(-c4ccc(F)cc4)c(C(=O)NC)c3cc(-c3cccc(C(=O)CCC(C)(C)c4ccc(Cl)cc4)c3)c21. The zero-order valence-electron chi connectivity index (χ0n) is 25.7. The molecule has 45 heavy (non-hydrogen) atoms. The Hall–Kier alpha value is -4.68. The highest BCUT2D eigenvalue weighted by Crippen LogP contribution is 2.42. The number of carbonyl (C=O) groups excluding carboxylic acids is 2. The fourth-order valence-corrected chi connectivity index (χ4v) is 6.19. The lowest BCUT2D eigenvalue weighted by molar-refractivity contribution is 0.0959.